The number of aromatic amines is 1. The minimum Gasteiger partial charge on any atom is -0.395 e. The molecule has 1 aromatic carbocycles. The Bertz CT molecular complexity index is 600. The van der Waals surface area contributed by atoms with E-state index >= 15 is 0 Å². The molecule has 0 saturated carbocycles. The van der Waals surface area contributed by atoms with E-state index in [9.17, 15) is 9.50 Å². The molecule has 5 heteroatoms. The average molecular weight is 262 g/mol. The number of aliphatic hydroxyl groups excluding tert-OH is 1. The third kappa shape index (κ3) is 1.86. The Kier molecular flexibility index (Phi) is 2.88. The van der Waals surface area contributed by atoms with Crippen LogP contribution in [-0.2, 0) is 10.2 Å². The topological polar surface area (TPSA) is 58.1 Å². The minimum atomic E-state index is -0.464. The summed E-state index contributed by atoms with van der Waals surface area (Å²) in [7, 11) is 0. The maximum atomic E-state index is 13.8. The van der Waals surface area contributed by atoms with E-state index in [-0.39, 0.29) is 12.4 Å². The summed E-state index contributed by atoms with van der Waals surface area (Å²) >= 11 is 0. The molecule has 1 aliphatic rings. The van der Waals surface area contributed by atoms with Crippen molar-refractivity contribution in [2.75, 3.05) is 19.8 Å². The summed E-state index contributed by atoms with van der Waals surface area (Å²) in [4.78, 5) is 7.62. The number of imidazole rings is 1. The number of hydrogen-bond donors (Lipinski definition) is 2. The van der Waals surface area contributed by atoms with Gasteiger partial charge in [-0.3, -0.25) is 0 Å². The minimum absolute atomic E-state index is 0.0311. The lowest BCUT2D eigenvalue weighted by molar-refractivity contribution is -0.0880. The zero-order valence-electron chi connectivity index (χ0n) is 10.6. The van der Waals surface area contributed by atoms with Crippen LogP contribution in [0.5, 0.6) is 0 Å². The Balaban J connectivity index is 2.05. The molecule has 19 heavy (non-hydrogen) atoms. The molecule has 4 nitrogen and oxygen atoms in total. The van der Waals surface area contributed by atoms with Crippen LogP contribution in [0.2, 0.25) is 0 Å². The molecule has 2 aromatic rings. The number of halogens is 1. The van der Waals surface area contributed by atoms with E-state index in [4.69, 9.17) is 4.74 Å². The first-order valence-electron chi connectivity index (χ1n) is 6.17. The van der Waals surface area contributed by atoms with Gasteiger partial charge in [0.05, 0.1) is 30.9 Å². The van der Waals surface area contributed by atoms with Gasteiger partial charge in [-0.25, -0.2) is 9.37 Å². The summed E-state index contributed by atoms with van der Waals surface area (Å²) in [6, 6.07) is 6.54. The quantitative estimate of drug-likeness (QED) is 0.886. The predicted octanol–water partition coefficient (Wildman–Crippen LogP) is 1.78. The second-order valence-electron chi connectivity index (χ2n) is 4.97. The Morgan fingerprint density at radius 3 is 2.74 bits per heavy atom. The van der Waals surface area contributed by atoms with Gasteiger partial charge in [0.25, 0.3) is 0 Å². The molecule has 0 aliphatic carbocycles. The van der Waals surface area contributed by atoms with Crippen molar-refractivity contribution in [2.24, 2.45) is 0 Å². The zero-order chi connectivity index (χ0) is 13.5. The van der Waals surface area contributed by atoms with Crippen molar-refractivity contribution in [3.05, 3.63) is 41.6 Å². The SMILES string of the molecule is Cc1[nH]c(C2(CO)COC2)nc1-c1ccccc1F. The molecule has 0 atom stereocenters. The zero-order valence-corrected chi connectivity index (χ0v) is 10.6. The van der Waals surface area contributed by atoms with Gasteiger partial charge in [-0.1, -0.05) is 12.1 Å². The number of nitrogens with zero attached hydrogens (tertiary/aromatic N) is 1. The molecule has 1 aromatic heterocycles. The van der Waals surface area contributed by atoms with Gasteiger partial charge in [0.1, 0.15) is 11.6 Å². The maximum absolute atomic E-state index is 13.8. The highest BCUT2D eigenvalue weighted by molar-refractivity contribution is 5.62. The fraction of sp³-hybridized carbons (Fsp3) is 0.357. The number of hydrogen-bond acceptors (Lipinski definition) is 3. The lowest BCUT2D eigenvalue weighted by atomic mass is 9.86. The van der Waals surface area contributed by atoms with Crippen LogP contribution in [0.3, 0.4) is 0 Å². The number of ether oxygens (including phenoxy) is 1. The molecule has 3 rings (SSSR count). The van der Waals surface area contributed by atoms with Crippen LogP contribution in [0.25, 0.3) is 11.3 Å². The van der Waals surface area contributed by atoms with E-state index in [1.807, 2.05) is 6.92 Å². The van der Waals surface area contributed by atoms with Crippen LogP contribution in [0.4, 0.5) is 4.39 Å². The number of benzene rings is 1. The summed E-state index contributed by atoms with van der Waals surface area (Å²) in [6.45, 7) is 2.69. The van der Waals surface area contributed by atoms with E-state index in [2.05, 4.69) is 9.97 Å². The molecule has 1 fully saturated rings. The molecule has 0 spiro atoms. The Hall–Kier alpha value is -1.72. The maximum Gasteiger partial charge on any atom is 0.132 e. The van der Waals surface area contributed by atoms with Crippen molar-refractivity contribution in [3.63, 3.8) is 0 Å². The van der Waals surface area contributed by atoms with Crippen LogP contribution in [0, 0.1) is 12.7 Å². The van der Waals surface area contributed by atoms with Gasteiger partial charge in [0.15, 0.2) is 0 Å². The van der Waals surface area contributed by atoms with Gasteiger partial charge >= 0.3 is 0 Å². The normalized spacial score (nSPS) is 17.2. The number of aryl methyl sites for hydroxylation is 1. The molecule has 0 amide bonds. The van der Waals surface area contributed by atoms with Gasteiger partial charge < -0.3 is 14.8 Å². The molecule has 1 saturated heterocycles. The number of aromatic nitrogens is 2. The largest absolute Gasteiger partial charge is 0.395 e. The molecule has 0 bridgehead atoms. The van der Waals surface area contributed by atoms with Gasteiger partial charge in [0, 0.05) is 11.3 Å². The Labute approximate surface area is 110 Å². The number of rotatable bonds is 3. The molecule has 0 radical (unpaired) electrons. The number of aliphatic hydroxyl groups is 1. The first-order chi connectivity index (χ1) is 9.16. The summed E-state index contributed by atoms with van der Waals surface area (Å²) < 4.78 is 19.0. The van der Waals surface area contributed by atoms with E-state index in [1.165, 1.54) is 6.07 Å². The lowest BCUT2D eigenvalue weighted by Gasteiger charge is -2.37. The van der Waals surface area contributed by atoms with Crippen molar-refractivity contribution in [2.45, 2.75) is 12.3 Å². The Morgan fingerprint density at radius 1 is 1.42 bits per heavy atom. The lowest BCUT2D eigenvalue weighted by Crippen LogP contribution is -2.50. The van der Waals surface area contributed by atoms with E-state index < -0.39 is 5.41 Å². The second-order valence-corrected chi connectivity index (χ2v) is 4.97. The summed E-state index contributed by atoms with van der Waals surface area (Å²) in [6.07, 6.45) is 0. The smallest absolute Gasteiger partial charge is 0.132 e. The van der Waals surface area contributed by atoms with E-state index in [1.54, 1.807) is 18.2 Å². The van der Waals surface area contributed by atoms with E-state index in [0.29, 0.717) is 30.3 Å². The van der Waals surface area contributed by atoms with Gasteiger partial charge in [-0.2, -0.15) is 0 Å². The number of nitrogens with one attached hydrogen (secondary N) is 1. The van der Waals surface area contributed by atoms with E-state index in [0.717, 1.165) is 5.69 Å². The molecule has 2 N–H and O–H groups in total. The molecule has 100 valence electrons. The molecular formula is C14H15FN2O2. The van der Waals surface area contributed by atoms with Crippen LogP contribution < -0.4 is 0 Å². The van der Waals surface area contributed by atoms with Crippen molar-refractivity contribution < 1.29 is 14.2 Å². The molecule has 2 heterocycles. The van der Waals surface area contributed by atoms with Crippen molar-refractivity contribution >= 4 is 0 Å². The predicted molar refractivity (Wildman–Crippen MR) is 68.3 cm³/mol. The highest BCUT2D eigenvalue weighted by Gasteiger charge is 2.43. The number of H-pyrrole nitrogens is 1. The summed E-state index contributed by atoms with van der Waals surface area (Å²) in [5, 5.41) is 9.50. The molecule has 1 aliphatic heterocycles. The average Bonchev–Trinajstić information content (AvgIpc) is 2.72. The first kappa shape index (κ1) is 12.3. The van der Waals surface area contributed by atoms with Crippen LogP contribution in [0.1, 0.15) is 11.5 Å². The summed E-state index contributed by atoms with van der Waals surface area (Å²) in [5.41, 5.74) is 1.39. The molecular weight excluding hydrogens is 247 g/mol. The van der Waals surface area contributed by atoms with Gasteiger partial charge in [-0.05, 0) is 19.1 Å². The third-order valence-electron chi connectivity index (χ3n) is 3.58. The van der Waals surface area contributed by atoms with Crippen molar-refractivity contribution in [1.82, 2.24) is 9.97 Å². The monoisotopic (exact) mass is 262 g/mol. The molecule has 0 unspecified atom stereocenters. The fourth-order valence-electron chi connectivity index (χ4n) is 2.28. The van der Waals surface area contributed by atoms with Crippen LogP contribution in [-0.4, -0.2) is 34.9 Å². The summed E-state index contributed by atoms with van der Waals surface area (Å²) in [5.74, 6) is 0.364. The van der Waals surface area contributed by atoms with Gasteiger partial charge in [0.2, 0.25) is 0 Å². The van der Waals surface area contributed by atoms with Crippen molar-refractivity contribution in [1.29, 1.82) is 0 Å². The highest BCUT2D eigenvalue weighted by atomic mass is 19.1. The third-order valence-corrected chi connectivity index (χ3v) is 3.58. The Morgan fingerprint density at radius 2 is 2.16 bits per heavy atom. The second kappa shape index (κ2) is 4.43. The van der Waals surface area contributed by atoms with Crippen LogP contribution in [0.15, 0.2) is 24.3 Å². The van der Waals surface area contributed by atoms with Crippen molar-refractivity contribution in [3.8, 4) is 11.3 Å². The van der Waals surface area contributed by atoms with Gasteiger partial charge in [-0.15, -0.1) is 0 Å². The first-order valence-corrected chi connectivity index (χ1v) is 6.17. The highest BCUT2D eigenvalue weighted by Crippen LogP contribution is 2.33. The standard InChI is InChI=1S/C14H15FN2O2/c1-9-12(10-4-2-3-5-11(10)15)17-13(16-9)14(6-18)7-19-8-14/h2-5,18H,6-8H2,1H3,(H,16,17). The fourth-order valence-corrected chi connectivity index (χ4v) is 2.28. The van der Waals surface area contributed by atoms with Crippen LogP contribution >= 0.6 is 0 Å².